The Labute approximate surface area is 142 Å². The molecule has 0 spiro atoms. The molecule has 0 unspecified atom stereocenters. The number of hydrogen-bond donors (Lipinski definition) is 0. The number of anilines is 1. The summed E-state index contributed by atoms with van der Waals surface area (Å²) >= 11 is 0. The lowest BCUT2D eigenvalue weighted by Crippen LogP contribution is -2.40. The Bertz CT molecular complexity index is 805. The van der Waals surface area contributed by atoms with Gasteiger partial charge in [0.25, 0.3) is 0 Å². The fraction of sp³-hybridized carbons (Fsp3) is 0.294. The Morgan fingerprint density at radius 2 is 1.83 bits per heavy atom. The number of benzene rings is 1. The van der Waals surface area contributed by atoms with Crippen molar-refractivity contribution in [2.24, 2.45) is 5.10 Å². The molecular weight excluding hydrogens is 326 g/mol. The van der Waals surface area contributed by atoms with Crippen molar-refractivity contribution >= 4 is 21.5 Å². The van der Waals surface area contributed by atoms with Crippen LogP contribution in [0.5, 0.6) is 0 Å². The van der Waals surface area contributed by atoms with E-state index in [2.05, 4.69) is 5.10 Å². The van der Waals surface area contributed by atoms with E-state index in [9.17, 15) is 13.0 Å². The molecule has 0 aliphatic carbocycles. The zero-order chi connectivity index (χ0) is 17.6. The van der Waals surface area contributed by atoms with Crippen LogP contribution < -0.4 is 9.58 Å². The van der Waals surface area contributed by atoms with E-state index in [1.807, 2.05) is 73.3 Å². The first-order valence-corrected chi connectivity index (χ1v) is 9.21. The standard InChI is InChI=1S/C17H21N3O3S/c1-15(18-19(2)16-9-4-3-5-10-16)17-11-6-7-12-20(17)13-8-14-24(21,22)23/h3-7,9-12H,8,13-14H2,1-2H3. The predicted molar refractivity (Wildman–Crippen MR) is 92.9 cm³/mol. The summed E-state index contributed by atoms with van der Waals surface area (Å²) < 4.78 is 34.1. The van der Waals surface area contributed by atoms with Crippen LogP contribution in [0.2, 0.25) is 0 Å². The summed E-state index contributed by atoms with van der Waals surface area (Å²) in [6, 6.07) is 15.5. The molecule has 0 saturated heterocycles. The summed E-state index contributed by atoms with van der Waals surface area (Å²) in [7, 11) is -2.31. The largest absolute Gasteiger partial charge is 0.748 e. The van der Waals surface area contributed by atoms with Crippen LogP contribution in [0.1, 0.15) is 19.0 Å². The Balaban J connectivity index is 2.17. The summed E-state index contributed by atoms with van der Waals surface area (Å²) in [5.41, 5.74) is 2.65. The first-order chi connectivity index (χ1) is 11.4. The van der Waals surface area contributed by atoms with Crippen LogP contribution in [0.25, 0.3) is 0 Å². The van der Waals surface area contributed by atoms with Crippen molar-refractivity contribution < 1.29 is 17.5 Å². The van der Waals surface area contributed by atoms with Crippen molar-refractivity contribution in [2.75, 3.05) is 17.8 Å². The molecule has 2 rings (SSSR count). The SMILES string of the molecule is C/C(=N/N(C)c1ccccc1)c1cccc[n+]1CCCS(=O)(=O)[O-]. The second-order valence-corrected chi connectivity index (χ2v) is 6.96. The molecule has 0 atom stereocenters. The average molecular weight is 347 g/mol. The number of pyridine rings is 1. The molecular formula is C17H21N3O3S. The Morgan fingerprint density at radius 3 is 2.50 bits per heavy atom. The molecule has 0 amide bonds. The van der Waals surface area contributed by atoms with Crippen LogP contribution in [0.4, 0.5) is 5.69 Å². The van der Waals surface area contributed by atoms with E-state index in [1.165, 1.54) is 0 Å². The second kappa shape index (κ2) is 8.03. The monoisotopic (exact) mass is 347 g/mol. The van der Waals surface area contributed by atoms with Crippen molar-refractivity contribution in [3.63, 3.8) is 0 Å². The van der Waals surface area contributed by atoms with Gasteiger partial charge in [-0.2, -0.15) is 9.67 Å². The number of hydrazone groups is 1. The molecule has 128 valence electrons. The molecule has 0 N–H and O–H groups in total. The zero-order valence-corrected chi connectivity index (χ0v) is 14.6. The third-order valence-electron chi connectivity index (χ3n) is 3.53. The molecule has 1 aromatic carbocycles. The molecule has 0 radical (unpaired) electrons. The van der Waals surface area contributed by atoms with Gasteiger partial charge in [-0.3, -0.25) is 5.01 Å². The van der Waals surface area contributed by atoms with Gasteiger partial charge in [0.2, 0.25) is 5.69 Å². The minimum Gasteiger partial charge on any atom is -0.748 e. The van der Waals surface area contributed by atoms with E-state index in [4.69, 9.17) is 0 Å². The molecule has 0 fully saturated rings. The van der Waals surface area contributed by atoms with Crippen LogP contribution in [0.3, 0.4) is 0 Å². The van der Waals surface area contributed by atoms with Gasteiger partial charge in [0.1, 0.15) is 12.3 Å². The van der Waals surface area contributed by atoms with E-state index < -0.39 is 10.1 Å². The lowest BCUT2D eigenvalue weighted by molar-refractivity contribution is -0.698. The number of nitrogens with zero attached hydrogens (tertiary/aromatic N) is 3. The van der Waals surface area contributed by atoms with Crippen molar-refractivity contribution in [3.8, 4) is 0 Å². The lowest BCUT2D eigenvalue weighted by atomic mass is 10.2. The van der Waals surface area contributed by atoms with Gasteiger partial charge in [0.15, 0.2) is 6.20 Å². The van der Waals surface area contributed by atoms with E-state index >= 15 is 0 Å². The predicted octanol–water partition coefficient (Wildman–Crippen LogP) is 1.77. The van der Waals surface area contributed by atoms with Gasteiger partial charge in [-0.25, -0.2) is 8.42 Å². The minimum atomic E-state index is -4.18. The highest BCUT2D eigenvalue weighted by atomic mass is 32.2. The molecule has 1 heterocycles. The topological polar surface area (TPSA) is 76.7 Å². The molecule has 0 aliphatic rings. The summed E-state index contributed by atoms with van der Waals surface area (Å²) in [6.45, 7) is 2.34. The maximum absolute atomic E-state index is 10.7. The normalized spacial score (nSPS) is 12.2. The van der Waals surface area contributed by atoms with Crippen molar-refractivity contribution in [1.82, 2.24) is 0 Å². The van der Waals surface area contributed by atoms with E-state index in [0.717, 1.165) is 17.1 Å². The van der Waals surface area contributed by atoms with Gasteiger partial charge in [-0.15, -0.1) is 0 Å². The number of para-hydroxylation sites is 1. The second-order valence-electron chi connectivity index (χ2n) is 5.44. The first-order valence-electron chi connectivity index (χ1n) is 7.63. The third kappa shape index (κ3) is 5.43. The van der Waals surface area contributed by atoms with Gasteiger partial charge in [0, 0.05) is 31.4 Å². The Kier molecular flexibility index (Phi) is 6.05. The first kappa shape index (κ1) is 18.1. The maximum Gasteiger partial charge on any atom is 0.228 e. The highest BCUT2D eigenvalue weighted by Crippen LogP contribution is 2.12. The van der Waals surface area contributed by atoms with Gasteiger partial charge in [-0.1, -0.05) is 18.2 Å². The van der Waals surface area contributed by atoms with Crippen LogP contribution >= 0.6 is 0 Å². The summed E-state index contributed by atoms with van der Waals surface area (Å²) in [4.78, 5) is 0. The average Bonchev–Trinajstić information content (AvgIpc) is 2.55. The molecule has 1 aromatic heterocycles. The number of aromatic nitrogens is 1. The van der Waals surface area contributed by atoms with E-state index in [-0.39, 0.29) is 12.2 Å². The molecule has 0 bridgehead atoms. The van der Waals surface area contributed by atoms with Crippen molar-refractivity contribution in [2.45, 2.75) is 19.9 Å². The highest BCUT2D eigenvalue weighted by Gasteiger charge is 2.14. The van der Waals surface area contributed by atoms with Gasteiger partial charge >= 0.3 is 0 Å². The van der Waals surface area contributed by atoms with Gasteiger partial charge in [-0.05, 0) is 25.1 Å². The van der Waals surface area contributed by atoms with Crippen LogP contribution in [0, 0.1) is 0 Å². The molecule has 0 saturated carbocycles. The van der Waals surface area contributed by atoms with Crippen molar-refractivity contribution in [1.29, 1.82) is 0 Å². The Hall–Kier alpha value is -2.25. The number of aryl methyl sites for hydroxylation is 1. The number of hydrogen-bond acceptors (Lipinski definition) is 5. The van der Waals surface area contributed by atoms with Crippen molar-refractivity contribution in [3.05, 3.63) is 60.4 Å². The van der Waals surface area contributed by atoms with Crippen LogP contribution in [0.15, 0.2) is 59.8 Å². The molecule has 7 heteroatoms. The van der Waals surface area contributed by atoms with E-state index in [0.29, 0.717) is 6.54 Å². The maximum atomic E-state index is 10.7. The number of rotatable bonds is 7. The smallest absolute Gasteiger partial charge is 0.228 e. The third-order valence-corrected chi connectivity index (χ3v) is 4.32. The lowest BCUT2D eigenvalue weighted by Gasteiger charge is -2.14. The molecule has 2 aromatic rings. The summed E-state index contributed by atoms with van der Waals surface area (Å²) in [6.07, 6.45) is 2.13. The highest BCUT2D eigenvalue weighted by molar-refractivity contribution is 7.85. The molecule has 6 nitrogen and oxygen atoms in total. The van der Waals surface area contributed by atoms with E-state index in [1.54, 1.807) is 5.01 Å². The zero-order valence-electron chi connectivity index (χ0n) is 13.8. The van der Waals surface area contributed by atoms with Gasteiger partial charge < -0.3 is 4.55 Å². The fourth-order valence-electron chi connectivity index (χ4n) is 2.39. The molecule has 24 heavy (non-hydrogen) atoms. The molecule has 0 aliphatic heterocycles. The van der Waals surface area contributed by atoms with Gasteiger partial charge in [0.05, 0.1) is 15.8 Å². The summed E-state index contributed by atoms with van der Waals surface area (Å²) in [5.74, 6) is -0.367. The quantitative estimate of drug-likeness (QED) is 0.331. The minimum absolute atomic E-state index is 0.273. The Morgan fingerprint density at radius 1 is 1.17 bits per heavy atom. The fourth-order valence-corrected chi connectivity index (χ4v) is 2.87. The van der Waals surface area contributed by atoms with Crippen LogP contribution in [-0.2, 0) is 16.7 Å². The van der Waals surface area contributed by atoms with Crippen LogP contribution in [-0.4, -0.2) is 31.5 Å². The summed E-state index contributed by atoms with van der Waals surface area (Å²) in [5, 5.41) is 6.37.